The van der Waals surface area contributed by atoms with Crippen LogP contribution in [0.2, 0.25) is 0 Å². The van der Waals surface area contributed by atoms with Gasteiger partial charge in [-0.05, 0) is 13.8 Å². The summed E-state index contributed by atoms with van der Waals surface area (Å²) in [4.78, 5) is 14.2. The molecule has 0 saturated carbocycles. The average Bonchev–Trinajstić information content (AvgIpc) is 1.66. The molecule has 0 N–H and O–H groups in total. The molecule has 3 heteroatoms. The Kier molecular flexibility index (Phi) is 3.84. The zero-order valence-electron chi connectivity index (χ0n) is 5.00. The van der Waals surface area contributed by atoms with E-state index in [0.717, 1.165) is 6.21 Å². The van der Waals surface area contributed by atoms with E-state index in [0.29, 0.717) is 6.29 Å². The van der Waals surface area contributed by atoms with Gasteiger partial charge in [0.25, 0.3) is 0 Å². The predicted molar refractivity (Wildman–Crippen MR) is 30.8 cm³/mol. The van der Waals surface area contributed by atoms with Crippen molar-refractivity contribution in [1.29, 1.82) is 0 Å². The number of hydrogen-bond donors (Lipinski definition) is 0. The van der Waals surface area contributed by atoms with Crippen LogP contribution in [0.5, 0.6) is 0 Å². The van der Waals surface area contributed by atoms with Gasteiger partial charge in [0.15, 0.2) is 6.29 Å². The third-order valence-corrected chi connectivity index (χ3v) is 0.393. The molecule has 3 nitrogen and oxygen atoms in total. The second-order valence-corrected chi connectivity index (χ2v) is 1.54. The van der Waals surface area contributed by atoms with Gasteiger partial charge < -0.3 is 4.84 Å². The van der Waals surface area contributed by atoms with Crippen LogP contribution in [0.1, 0.15) is 13.8 Å². The lowest BCUT2D eigenvalue weighted by molar-refractivity contribution is -0.102. The Morgan fingerprint density at radius 3 is 2.62 bits per heavy atom. The molecular formula is C5H9NO2. The van der Waals surface area contributed by atoms with Gasteiger partial charge in [-0.2, -0.15) is 0 Å². The highest BCUT2D eigenvalue weighted by Crippen LogP contribution is 1.84. The third kappa shape index (κ3) is 5.14. The summed E-state index contributed by atoms with van der Waals surface area (Å²) in [5.74, 6) is 0. The van der Waals surface area contributed by atoms with Crippen LogP contribution in [0.15, 0.2) is 5.16 Å². The first-order valence-corrected chi connectivity index (χ1v) is 2.40. The molecule has 0 aliphatic carbocycles. The molecule has 0 aliphatic rings. The van der Waals surface area contributed by atoms with Crippen LogP contribution in [-0.4, -0.2) is 18.6 Å². The number of oxime groups is 1. The minimum absolute atomic E-state index is 0.0474. The maximum Gasteiger partial charge on any atom is 0.164 e. The molecule has 0 aromatic rings. The molecule has 0 amide bonds. The van der Waals surface area contributed by atoms with Crippen molar-refractivity contribution in [1.82, 2.24) is 0 Å². The molecule has 0 saturated heterocycles. The summed E-state index contributed by atoms with van der Waals surface area (Å²) in [5.41, 5.74) is 0. The van der Waals surface area contributed by atoms with Gasteiger partial charge in [0.1, 0.15) is 12.3 Å². The van der Waals surface area contributed by atoms with Crippen LogP contribution >= 0.6 is 0 Å². The van der Waals surface area contributed by atoms with Crippen LogP contribution in [0, 0.1) is 0 Å². The second kappa shape index (κ2) is 4.30. The van der Waals surface area contributed by atoms with Gasteiger partial charge >= 0.3 is 0 Å². The molecule has 0 fully saturated rings. The summed E-state index contributed by atoms with van der Waals surface area (Å²) in [6, 6.07) is 0. The van der Waals surface area contributed by atoms with E-state index in [2.05, 4.69) is 9.99 Å². The molecule has 0 rings (SSSR count). The summed E-state index contributed by atoms with van der Waals surface area (Å²) in [6.07, 6.45) is 1.69. The van der Waals surface area contributed by atoms with E-state index < -0.39 is 0 Å². The zero-order valence-corrected chi connectivity index (χ0v) is 5.00. The molecule has 0 unspecified atom stereocenters. The zero-order chi connectivity index (χ0) is 6.41. The molecule has 0 aliphatic heterocycles. The van der Waals surface area contributed by atoms with E-state index >= 15 is 0 Å². The summed E-state index contributed by atoms with van der Waals surface area (Å²) in [5, 5.41) is 3.30. The van der Waals surface area contributed by atoms with Gasteiger partial charge in [-0.3, -0.25) is 4.79 Å². The van der Waals surface area contributed by atoms with Gasteiger partial charge in [0, 0.05) is 0 Å². The van der Waals surface area contributed by atoms with E-state index in [1.165, 1.54) is 0 Å². The maximum atomic E-state index is 9.56. The number of nitrogens with zero attached hydrogens (tertiary/aromatic N) is 1. The van der Waals surface area contributed by atoms with Crippen LogP contribution in [0.4, 0.5) is 0 Å². The van der Waals surface area contributed by atoms with Crippen LogP contribution in [0.25, 0.3) is 0 Å². The van der Waals surface area contributed by atoms with E-state index in [1.54, 1.807) is 0 Å². The van der Waals surface area contributed by atoms with E-state index in [9.17, 15) is 4.79 Å². The van der Waals surface area contributed by atoms with Crippen molar-refractivity contribution in [3.05, 3.63) is 0 Å². The largest absolute Gasteiger partial charge is 0.393 e. The smallest absolute Gasteiger partial charge is 0.164 e. The first kappa shape index (κ1) is 7.14. The maximum absolute atomic E-state index is 9.56. The molecule has 0 aromatic carbocycles. The van der Waals surface area contributed by atoms with Crippen LogP contribution in [0.3, 0.4) is 0 Å². The van der Waals surface area contributed by atoms with Crippen LogP contribution < -0.4 is 0 Å². The Bertz CT molecular complexity index is 88.4. The summed E-state index contributed by atoms with van der Waals surface area (Å²) >= 11 is 0. The first-order valence-electron chi connectivity index (χ1n) is 2.40. The fraction of sp³-hybridized carbons (Fsp3) is 0.600. The Hall–Kier alpha value is -0.860. The van der Waals surface area contributed by atoms with E-state index in [1.807, 2.05) is 13.8 Å². The van der Waals surface area contributed by atoms with E-state index in [4.69, 9.17) is 0 Å². The molecule has 0 bridgehead atoms. The minimum atomic E-state index is 0.0474. The Balaban J connectivity index is 3.15. The summed E-state index contributed by atoms with van der Waals surface area (Å²) < 4.78 is 0. The van der Waals surface area contributed by atoms with Crippen molar-refractivity contribution >= 4 is 12.5 Å². The molecule has 0 spiro atoms. The van der Waals surface area contributed by atoms with Crippen LogP contribution in [-0.2, 0) is 9.63 Å². The van der Waals surface area contributed by atoms with Crippen molar-refractivity contribution in [3.8, 4) is 0 Å². The monoisotopic (exact) mass is 115 g/mol. The average molecular weight is 115 g/mol. The Morgan fingerprint density at radius 2 is 2.25 bits per heavy atom. The van der Waals surface area contributed by atoms with Crippen molar-refractivity contribution in [2.24, 2.45) is 5.16 Å². The molecule has 8 heavy (non-hydrogen) atoms. The SMILES string of the molecule is CC(C)ON=CC=O. The van der Waals surface area contributed by atoms with E-state index in [-0.39, 0.29) is 6.10 Å². The quantitative estimate of drug-likeness (QED) is 0.307. The number of carbonyl (C=O) groups is 1. The first-order chi connectivity index (χ1) is 3.77. The standard InChI is InChI=1S/C5H9NO2/c1-5(2)8-6-3-4-7/h3-5H,1-2H3. The number of rotatable bonds is 3. The van der Waals surface area contributed by atoms with Crippen molar-refractivity contribution in [3.63, 3.8) is 0 Å². The fourth-order valence-electron chi connectivity index (χ4n) is 0.182. The molecule has 46 valence electrons. The highest BCUT2D eigenvalue weighted by atomic mass is 16.6. The number of aldehydes is 1. The predicted octanol–water partition coefficient (Wildman–Crippen LogP) is 0.596. The molecular weight excluding hydrogens is 106 g/mol. The highest BCUT2D eigenvalue weighted by Gasteiger charge is 1.84. The lowest BCUT2D eigenvalue weighted by atomic mass is 10.5. The van der Waals surface area contributed by atoms with Crippen molar-refractivity contribution < 1.29 is 9.63 Å². The lowest BCUT2D eigenvalue weighted by Crippen LogP contribution is -1.95. The Morgan fingerprint density at radius 1 is 1.62 bits per heavy atom. The summed E-state index contributed by atoms with van der Waals surface area (Å²) in [6.45, 7) is 3.67. The van der Waals surface area contributed by atoms with Crippen molar-refractivity contribution in [2.75, 3.05) is 0 Å². The van der Waals surface area contributed by atoms with Gasteiger partial charge in [-0.15, -0.1) is 0 Å². The fourth-order valence-corrected chi connectivity index (χ4v) is 0.182. The van der Waals surface area contributed by atoms with Crippen molar-refractivity contribution in [2.45, 2.75) is 20.0 Å². The topological polar surface area (TPSA) is 38.7 Å². The number of carbonyl (C=O) groups excluding carboxylic acids is 1. The minimum Gasteiger partial charge on any atom is -0.393 e. The third-order valence-electron chi connectivity index (χ3n) is 0.393. The normalized spacial score (nSPS) is 10.4. The second-order valence-electron chi connectivity index (χ2n) is 1.54. The summed E-state index contributed by atoms with van der Waals surface area (Å²) in [7, 11) is 0. The molecule has 0 atom stereocenters. The molecule has 0 heterocycles. The Labute approximate surface area is 48.3 Å². The number of hydrogen-bond acceptors (Lipinski definition) is 3. The highest BCUT2D eigenvalue weighted by molar-refractivity contribution is 6.12. The molecule has 0 radical (unpaired) electrons. The lowest BCUT2D eigenvalue weighted by Gasteiger charge is -1.97. The van der Waals surface area contributed by atoms with Gasteiger partial charge in [0.2, 0.25) is 0 Å². The van der Waals surface area contributed by atoms with Gasteiger partial charge in [-0.25, -0.2) is 0 Å². The van der Waals surface area contributed by atoms with Gasteiger partial charge in [0.05, 0.1) is 0 Å². The van der Waals surface area contributed by atoms with Gasteiger partial charge in [-0.1, -0.05) is 5.16 Å². The molecule has 0 aromatic heterocycles.